The van der Waals surface area contributed by atoms with Crippen LogP contribution < -0.4 is 9.47 Å². The highest BCUT2D eigenvalue weighted by molar-refractivity contribution is 5.73. The van der Waals surface area contributed by atoms with Gasteiger partial charge in [-0.05, 0) is 37.3 Å². The molecule has 0 spiro atoms. The molecule has 2 atom stereocenters. The molecule has 0 amide bonds. The van der Waals surface area contributed by atoms with Gasteiger partial charge in [-0.2, -0.15) is 5.26 Å². The number of rotatable bonds is 2. The second kappa shape index (κ2) is 4.61. The monoisotopic (exact) mass is 295 g/mol. The first-order valence-electron chi connectivity index (χ1n) is 7.74. The molecule has 112 valence electrons. The number of nitriles is 1. The summed E-state index contributed by atoms with van der Waals surface area (Å²) < 4.78 is 11.6. The second-order valence-electron chi connectivity index (χ2n) is 6.26. The number of hydrogen-bond acceptors (Lipinski definition) is 4. The molecule has 22 heavy (non-hydrogen) atoms. The molecule has 1 aromatic rings. The molecule has 1 fully saturated rings. The molecule has 1 aliphatic heterocycles. The van der Waals surface area contributed by atoms with Crippen LogP contribution in [0.5, 0.6) is 11.5 Å². The van der Waals surface area contributed by atoms with Crippen molar-refractivity contribution in [2.24, 2.45) is 0 Å². The third kappa shape index (κ3) is 1.60. The quantitative estimate of drug-likeness (QED) is 0.477. The van der Waals surface area contributed by atoms with Crippen molar-refractivity contribution >= 4 is 5.97 Å². The van der Waals surface area contributed by atoms with Crippen molar-refractivity contribution in [2.75, 3.05) is 0 Å². The number of carbonyl (C=O) groups is 1. The lowest BCUT2D eigenvalue weighted by Crippen LogP contribution is -2.44. The number of hydrogen-bond donors (Lipinski definition) is 0. The van der Waals surface area contributed by atoms with E-state index in [2.05, 4.69) is 12.1 Å². The van der Waals surface area contributed by atoms with E-state index in [0.29, 0.717) is 17.9 Å². The molecule has 0 radical (unpaired) electrons. The van der Waals surface area contributed by atoms with Crippen molar-refractivity contribution in [2.45, 2.75) is 50.5 Å². The van der Waals surface area contributed by atoms with Gasteiger partial charge in [-0.15, -0.1) is 0 Å². The van der Waals surface area contributed by atoms with Gasteiger partial charge in [0.15, 0.2) is 11.5 Å². The summed E-state index contributed by atoms with van der Waals surface area (Å²) in [5, 5.41) is 9.42. The summed E-state index contributed by atoms with van der Waals surface area (Å²) in [6.07, 6.45) is 6.59. The topological polar surface area (TPSA) is 59.3 Å². The third-order valence-corrected chi connectivity index (χ3v) is 5.13. The van der Waals surface area contributed by atoms with Crippen LogP contribution in [0.2, 0.25) is 0 Å². The fourth-order valence-electron chi connectivity index (χ4n) is 4.35. The molecule has 4 nitrogen and oxygen atoms in total. The molecule has 1 saturated carbocycles. The van der Waals surface area contributed by atoms with Crippen molar-refractivity contribution in [3.63, 3.8) is 0 Å². The maximum Gasteiger partial charge on any atom is 0.308 e. The Morgan fingerprint density at radius 3 is 3.18 bits per heavy atom. The van der Waals surface area contributed by atoms with Gasteiger partial charge < -0.3 is 9.47 Å². The first kappa shape index (κ1) is 13.4. The lowest BCUT2D eigenvalue weighted by atomic mass is 9.60. The van der Waals surface area contributed by atoms with E-state index in [9.17, 15) is 10.1 Å². The lowest BCUT2D eigenvalue weighted by Gasteiger charge is -2.41. The lowest BCUT2D eigenvalue weighted by molar-refractivity contribution is -0.132. The van der Waals surface area contributed by atoms with Crippen LogP contribution in [0.3, 0.4) is 0 Å². The Morgan fingerprint density at radius 2 is 2.41 bits per heavy atom. The van der Waals surface area contributed by atoms with Crippen molar-refractivity contribution in [1.82, 2.24) is 0 Å². The summed E-state index contributed by atoms with van der Waals surface area (Å²) in [5.41, 5.74) is 3.28. The molecule has 4 rings (SSSR count). The Kier molecular flexibility index (Phi) is 2.80. The van der Waals surface area contributed by atoms with E-state index < -0.39 is 0 Å². The van der Waals surface area contributed by atoms with E-state index in [1.165, 1.54) is 18.1 Å². The zero-order valence-electron chi connectivity index (χ0n) is 12.5. The number of benzene rings is 1. The molecule has 0 bridgehead atoms. The number of carbonyl (C=O) groups excluding carboxylic acids is 1. The number of esters is 1. The molecular weight excluding hydrogens is 278 g/mol. The maximum atomic E-state index is 11.4. The summed E-state index contributed by atoms with van der Waals surface area (Å²) in [4.78, 5) is 11.4. The van der Waals surface area contributed by atoms with E-state index in [1.807, 2.05) is 12.1 Å². The minimum Gasteiger partial charge on any atom is -0.485 e. The highest BCUT2D eigenvalue weighted by atomic mass is 16.6. The van der Waals surface area contributed by atoms with Crippen molar-refractivity contribution in [1.29, 1.82) is 5.26 Å². The Bertz CT molecular complexity index is 743. The molecule has 0 saturated heterocycles. The van der Waals surface area contributed by atoms with Crippen molar-refractivity contribution in [3.05, 3.63) is 34.9 Å². The van der Waals surface area contributed by atoms with E-state index in [0.717, 1.165) is 31.2 Å². The fourth-order valence-corrected chi connectivity index (χ4v) is 4.35. The summed E-state index contributed by atoms with van der Waals surface area (Å²) in [7, 11) is 0. The van der Waals surface area contributed by atoms with Gasteiger partial charge in [-0.3, -0.25) is 4.79 Å². The van der Waals surface area contributed by atoms with E-state index in [4.69, 9.17) is 9.47 Å². The van der Waals surface area contributed by atoms with Crippen LogP contribution in [0.25, 0.3) is 0 Å². The zero-order valence-corrected chi connectivity index (χ0v) is 12.5. The van der Waals surface area contributed by atoms with Gasteiger partial charge in [0.1, 0.15) is 6.10 Å². The van der Waals surface area contributed by atoms with E-state index >= 15 is 0 Å². The van der Waals surface area contributed by atoms with Crippen LogP contribution in [0.15, 0.2) is 23.8 Å². The van der Waals surface area contributed by atoms with E-state index in [-0.39, 0.29) is 17.5 Å². The van der Waals surface area contributed by atoms with Gasteiger partial charge in [-0.1, -0.05) is 17.7 Å². The number of allylic oxidation sites excluding steroid dienone is 1. The Balaban J connectivity index is 1.95. The van der Waals surface area contributed by atoms with Crippen molar-refractivity contribution < 1.29 is 14.3 Å². The molecule has 2 aliphatic carbocycles. The summed E-state index contributed by atoms with van der Waals surface area (Å²) in [6, 6.07) is 6.18. The summed E-state index contributed by atoms with van der Waals surface area (Å²) in [6.45, 7) is 1.39. The summed E-state index contributed by atoms with van der Waals surface area (Å²) >= 11 is 0. The first-order chi connectivity index (χ1) is 10.7. The van der Waals surface area contributed by atoms with E-state index in [1.54, 1.807) is 0 Å². The summed E-state index contributed by atoms with van der Waals surface area (Å²) in [5.74, 6) is 0.815. The van der Waals surface area contributed by atoms with Gasteiger partial charge in [0.25, 0.3) is 0 Å². The van der Waals surface area contributed by atoms with Crippen LogP contribution in [-0.4, -0.2) is 12.1 Å². The fraction of sp³-hybridized carbons (Fsp3) is 0.444. The zero-order chi connectivity index (χ0) is 15.3. The highest BCUT2D eigenvalue weighted by Crippen LogP contribution is 2.60. The minimum absolute atomic E-state index is 0.0158. The van der Waals surface area contributed by atoms with Gasteiger partial charge >= 0.3 is 5.97 Å². The maximum absolute atomic E-state index is 11.4. The van der Waals surface area contributed by atoms with Crippen molar-refractivity contribution in [3.8, 4) is 17.6 Å². The van der Waals surface area contributed by atoms with Crippen LogP contribution >= 0.6 is 0 Å². The SMILES string of the molecule is CC(=O)Oc1ccc2c3c1O[C@@H]1CCCC(=CC2)[C@]31CC#N. The molecular formula is C18H17NO3. The molecule has 0 unspecified atom stereocenters. The molecule has 0 aromatic heterocycles. The third-order valence-electron chi connectivity index (χ3n) is 5.13. The normalized spacial score (nSPS) is 27.3. The molecule has 0 N–H and O–H groups in total. The molecule has 4 heteroatoms. The number of nitrogens with zero attached hydrogens (tertiary/aromatic N) is 1. The smallest absolute Gasteiger partial charge is 0.308 e. The number of ether oxygens (including phenoxy) is 2. The highest BCUT2D eigenvalue weighted by Gasteiger charge is 2.55. The standard InChI is InChI=1S/C18H17NO3/c1-11(20)21-14-8-6-12-5-7-13-3-2-4-15-18(13,9-10-19)16(12)17(14)22-15/h6-8,15H,2-5,9H2,1H3/t15-,18+/m1/s1. The van der Waals surface area contributed by atoms with Gasteiger partial charge in [0.05, 0.1) is 17.9 Å². The predicted molar refractivity (Wildman–Crippen MR) is 79.7 cm³/mol. The Labute approximate surface area is 129 Å². The van der Waals surface area contributed by atoms with Crippen LogP contribution in [0.1, 0.15) is 43.7 Å². The molecule has 1 aromatic carbocycles. The first-order valence-corrected chi connectivity index (χ1v) is 7.74. The van der Waals surface area contributed by atoms with Crippen LogP contribution in [0.4, 0.5) is 0 Å². The predicted octanol–water partition coefficient (Wildman–Crippen LogP) is 3.19. The van der Waals surface area contributed by atoms with Gasteiger partial charge in [-0.25, -0.2) is 0 Å². The minimum atomic E-state index is -0.351. The van der Waals surface area contributed by atoms with Crippen LogP contribution in [0, 0.1) is 11.3 Å². The van der Waals surface area contributed by atoms with Crippen LogP contribution in [-0.2, 0) is 16.6 Å². The molecule has 1 heterocycles. The Morgan fingerprint density at radius 1 is 1.55 bits per heavy atom. The van der Waals surface area contributed by atoms with Gasteiger partial charge in [0.2, 0.25) is 0 Å². The molecule has 3 aliphatic rings. The average molecular weight is 295 g/mol. The second-order valence-corrected chi connectivity index (χ2v) is 6.26. The van der Waals surface area contributed by atoms with Gasteiger partial charge in [0, 0.05) is 12.5 Å². The largest absolute Gasteiger partial charge is 0.485 e. The average Bonchev–Trinajstić information content (AvgIpc) is 2.83. The Hall–Kier alpha value is -2.28.